The van der Waals surface area contributed by atoms with E-state index in [1.807, 2.05) is 133 Å². The molecule has 0 atom stereocenters. The lowest BCUT2D eigenvalue weighted by atomic mass is 9.98. The largest absolute Gasteiger partial charge is 0.310 e. The predicted octanol–water partition coefficient (Wildman–Crippen LogP) is 14.1. The SMILES string of the molecule is [2H]c1c([2H])c(N(c2cccc(-c3ccc4ccccc4c3)c2)c2c([2H])c([2H])c(-c3ccc4ccccc4c3)c([2H])c2[2H])c([2H])c([2H])c1-c1cccc(-c2ccccc2)c1. The van der Waals surface area contributed by atoms with E-state index in [1.54, 1.807) is 24.3 Å². The highest BCUT2D eigenvalue weighted by Crippen LogP contribution is 2.39. The van der Waals surface area contributed by atoms with E-state index in [2.05, 4.69) is 6.07 Å². The van der Waals surface area contributed by atoms with Gasteiger partial charge in [0.05, 0.1) is 11.0 Å². The van der Waals surface area contributed by atoms with Crippen LogP contribution in [-0.4, -0.2) is 0 Å². The molecule has 0 aliphatic heterocycles. The summed E-state index contributed by atoms with van der Waals surface area (Å²) in [5, 5.41) is 3.96. The average molecular weight is 658 g/mol. The van der Waals surface area contributed by atoms with Gasteiger partial charge >= 0.3 is 0 Å². The van der Waals surface area contributed by atoms with Crippen LogP contribution in [0, 0.1) is 0 Å². The average Bonchev–Trinajstić information content (AvgIpc) is 3.27. The molecule has 0 amide bonds. The summed E-state index contributed by atoms with van der Waals surface area (Å²) in [6.45, 7) is 0. The Morgan fingerprint density at radius 3 is 1.24 bits per heavy atom. The van der Waals surface area contributed by atoms with Crippen LogP contribution in [0.15, 0.2) is 212 Å². The van der Waals surface area contributed by atoms with Crippen LogP contribution in [0.5, 0.6) is 0 Å². The molecule has 1 nitrogen and oxygen atoms in total. The van der Waals surface area contributed by atoms with Crippen LogP contribution < -0.4 is 4.90 Å². The normalized spacial score (nSPS) is 13.3. The van der Waals surface area contributed by atoms with E-state index < -0.39 is 12.1 Å². The Hall–Kier alpha value is -6.70. The molecule has 0 N–H and O–H groups in total. The van der Waals surface area contributed by atoms with Crippen molar-refractivity contribution in [1.29, 1.82) is 0 Å². The number of nitrogens with zero attached hydrogens (tertiary/aromatic N) is 1. The predicted molar refractivity (Wildman–Crippen MR) is 218 cm³/mol. The number of rotatable bonds is 7. The van der Waals surface area contributed by atoms with Gasteiger partial charge in [0, 0.05) is 17.1 Å². The van der Waals surface area contributed by atoms with Crippen LogP contribution >= 0.6 is 0 Å². The molecule has 0 unspecified atom stereocenters. The lowest BCUT2D eigenvalue weighted by Crippen LogP contribution is -2.10. The summed E-state index contributed by atoms with van der Waals surface area (Å²) in [5.41, 5.74) is 4.64. The molecule has 0 bridgehead atoms. The van der Waals surface area contributed by atoms with Gasteiger partial charge < -0.3 is 4.90 Å². The van der Waals surface area contributed by atoms with Crippen molar-refractivity contribution in [2.45, 2.75) is 0 Å². The molecule has 240 valence electrons. The van der Waals surface area contributed by atoms with Gasteiger partial charge in [-0.2, -0.15) is 0 Å². The van der Waals surface area contributed by atoms with Crippen LogP contribution in [0.25, 0.3) is 66.1 Å². The first kappa shape index (κ1) is 22.8. The van der Waals surface area contributed by atoms with E-state index in [1.165, 1.54) is 4.90 Å². The van der Waals surface area contributed by atoms with Crippen LogP contribution in [0.3, 0.4) is 0 Å². The highest BCUT2D eigenvalue weighted by atomic mass is 15.1. The smallest absolute Gasteiger partial charge is 0.0645 e. The maximum atomic E-state index is 9.53. The van der Waals surface area contributed by atoms with Crippen molar-refractivity contribution < 1.29 is 11.0 Å². The molecule has 9 aromatic rings. The van der Waals surface area contributed by atoms with Crippen molar-refractivity contribution in [3.05, 3.63) is 212 Å². The number of hydrogen-bond donors (Lipinski definition) is 0. The van der Waals surface area contributed by atoms with E-state index in [9.17, 15) is 11.0 Å². The third-order valence-corrected chi connectivity index (χ3v) is 9.15. The monoisotopic (exact) mass is 657 g/mol. The van der Waals surface area contributed by atoms with Crippen molar-refractivity contribution in [1.82, 2.24) is 0 Å². The minimum Gasteiger partial charge on any atom is -0.310 e. The number of fused-ring (bicyclic) bond motifs is 2. The Morgan fingerprint density at radius 2 is 0.667 bits per heavy atom. The zero-order chi connectivity index (χ0) is 40.9. The van der Waals surface area contributed by atoms with Crippen molar-refractivity contribution >= 4 is 38.6 Å². The molecule has 0 heterocycles. The van der Waals surface area contributed by atoms with Crippen molar-refractivity contribution in [2.75, 3.05) is 4.90 Å². The van der Waals surface area contributed by atoms with Gasteiger partial charge in [-0.25, -0.2) is 0 Å². The van der Waals surface area contributed by atoms with E-state index >= 15 is 0 Å². The fraction of sp³-hybridized carbons (Fsp3) is 0. The second-order valence-electron chi connectivity index (χ2n) is 12.4. The standard InChI is InChI=1S/C50H35N/c1-2-10-36(11-3-1)43-16-8-17-44(32-43)39-24-28-48(29-25-39)51(49-30-26-40(27-31-49)46-22-20-37-12-4-6-14-41(37)33-46)50-19-9-18-45(35-50)47-23-21-38-13-5-7-15-42(38)34-47/h1-35H/i24D,25D,26D,27D,28D,29D,30D,31D. The first-order valence-electron chi connectivity index (χ1n) is 20.9. The van der Waals surface area contributed by atoms with Gasteiger partial charge in [-0.1, -0.05) is 158 Å². The molecule has 0 saturated carbocycles. The Kier molecular flexibility index (Phi) is 5.96. The van der Waals surface area contributed by atoms with Crippen LogP contribution in [0.1, 0.15) is 11.0 Å². The minimum atomic E-state index is -0.391. The third kappa shape index (κ3) is 6.18. The summed E-state index contributed by atoms with van der Waals surface area (Å²) in [5.74, 6) is 0. The van der Waals surface area contributed by atoms with Crippen LogP contribution in [-0.2, 0) is 0 Å². The molecule has 0 aliphatic rings. The number of benzene rings is 9. The van der Waals surface area contributed by atoms with E-state index in [4.69, 9.17) is 0 Å². The van der Waals surface area contributed by atoms with Gasteiger partial charge in [0.15, 0.2) is 0 Å². The Bertz CT molecular complexity index is 3050. The van der Waals surface area contributed by atoms with Crippen molar-refractivity contribution in [3.8, 4) is 44.5 Å². The molecule has 0 aliphatic carbocycles. The quantitative estimate of drug-likeness (QED) is 0.165. The summed E-state index contributed by atoms with van der Waals surface area (Å²) < 4.78 is 75.5. The van der Waals surface area contributed by atoms with E-state index in [-0.39, 0.29) is 58.8 Å². The van der Waals surface area contributed by atoms with Crippen LogP contribution in [0.4, 0.5) is 17.1 Å². The molecule has 9 rings (SSSR count). The van der Waals surface area contributed by atoms with Gasteiger partial charge in [0.25, 0.3) is 0 Å². The lowest BCUT2D eigenvalue weighted by Gasteiger charge is -2.26. The molecular formula is C50H35N. The molecule has 9 aromatic carbocycles. The summed E-state index contributed by atoms with van der Waals surface area (Å²) in [6, 6.07) is 48.9. The van der Waals surface area contributed by atoms with Gasteiger partial charge in [-0.05, 0) is 121 Å². The summed E-state index contributed by atoms with van der Waals surface area (Å²) in [4.78, 5) is 1.36. The molecule has 51 heavy (non-hydrogen) atoms. The van der Waals surface area contributed by atoms with Gasteiger partial charge in [0.1, 0.15) is 0 Å². The van der Waals surface area contributed by atoms with Gasteiger partial charge in [-0.3, -0.25) is 0 Å². The molecule has 1 heteroatoms. The maximum Gasteiger partial charge on any atom is 0.0645 e. The van der Waals surface area contributed by atoms with Crippen molar-refractivity contribution in [3.63, 3.8) is 0 Å². The molecule has 0 fully saturated rings. The molecule has 0 saturated heterocycles. The third-order valence-electron chi connectivity index (χ3n) is 9.15. The maximum absolute atomic E-state index is 9.53. The van der Waals surface area contributed by atoms with E-state index in [0.29, 0.717) is 16.8 Å². The lowest BCUT2D eigenvalue weighted by molar-refractivity contribution is 1.28. The second kappa shape index (κ2) is 13.3. The Morgan fingerprint density at radius 1 is 0.255 bits per heavy atom. The molecule has 0 aromatic heterocycles. The zero-order valence-electron chi connectivity index (χ0n) is 35.5. The highest BCUT2D eigenvalue weighted by Gasteiger charge is 2.15. The first-order chi connectivity index (χ1) is 28.6. The summed E-state index contributed by atoms with van der Waals surface area (Å²) in [6.07, 6.45) is 0. The zero-order valence-corrected chi connectivity index (χ0v) is 27.5. The summed E-state index contributed by atoms with van der Waals surface area (Å²) >= 11 is 0. The minimum absolute atomic E-state index is 0.109. The number of anilines is 3. The molecular weight excluding hydrogens is 615 g/mol. The van der Waals surface area contributed by atoms with Crippen LogP contribution in [0.2, 0.25) is 0 Å². The highest BCUT2D eigenvalue weighted by molar-refractivity contribution is 5.90. The summed E-state index contributed by atoms with van der Waals surface area (Å²) in [7, 11) is 0. The Balaban J connectivity index is 1.27. The molecule has 0 spiro atoms. The second-order valence-corrected chi connectivity index (χ2v) is 12.4. The Labute approximate surface area is 310 Å². The van der Waals surface area contributed by atoms with E-state index in [0.717, 1.165) is 43.8 Å². The van der Waals surface area contributed by atoms with Crippen molar-refractivity contribution in [2.24, 2.45) is 0 Å². The number of hydrogen-bond acceptors (Lipinski definition) is 1. The topological polar surface area (TPSA) is 3.24 Å². The van der Waals surface area contributed by atoms with Gasteiger partial charge in [0.2, 0.25) is 0 Å². The van der Waals surface area contributed by atoms with Gasteiger partial charge in [-0.15, -0.1) is 0 Å². The molecule has 0 radical (unpaired) electrons. The first-order valence-corrected chi connectivity index (χ1v) is 16.9. The fourth-order valence-electron chi connectivity index (χ4n) is 6.52. The fourth-order valence-corrected chi connectivity index (χ4v) is 6.52.